The van der Waals surface area contributed by atoms with Crippen LogP contribution in [0, 0.1) is 24.7 Å². The predicted octanol–water partition coefficient (Wildman–Crippen LogP) is 3.28. The molecule has 3 atom stereocenters. The van der Waals surface area contributed by atoms with Crippen molar-refractivity contribution in [2.24, 2.45) is 17.8 Å². The fourth-order valence-electron chi connectivity index (χ4n) is 3.44. The van der Waals surface area contributed by atoms with Gasteiger partial charge in [0.1, 0.15) is 6.61 Å². The topological polar surface area (TPSA) is 72.5 Å². The lowest BCUT2D eigenvalue weighted by Gasteiger charge is -2.37. The van der Waals surface area contributed by atoms with Crippen LogP contribution >= 0.6 is 0 Å². The maximum Gasteiger partial charge on any atom is 0.264 e. The molecular formula is C19H29NO4S. The van der Waals surface area contributed by atoms with E-state index in [2.05, 4.69) is 25.5 Å². The molecule has 25 heavy (non-hydrogen) atoms. The van der Waals surface area contributed by atoms with Crippen LogP contribution in [0.5, 0.6) is 0 Å². The lowest BCUT2D eigenvalue weighted by Crippen LogP contribution is -2.39. The first-order valence-electron chi connectivity index (χ1n) is 8.93. The number of hydrogen-bond acceptors (Lipinski definition) is 4. The van der Waals surface area contributed by atoms with Crippen LogP contribution in [0.15, 0.2) is 29.2 Å². The Bertz CT molecular complexity index is 682. The largest absolute Gasteiger partial charge is 0.368 e. The van der Waals surface area contributed by atoms with Crippen LogP contribution in [0.1, 0.15) is 45.6 Å². The molecule has 0 spiro atoms. The Balaban J connectivity index is 1.94. The summed E-state index contributed by atoms with van der Waals surface area (Å²) in [6.45, 7) is 8.16. The minimum Gasteiger partial charge on any atom is -0.368 e. The van der Waals surface area contributed by atoms with Crippen LogP contribution in [0.2, 0.25) is 0 Å². The van der Waals surface area contributed by atoms with Crippen LogP contribution in [0.4, 0.5) is 0 Å². The molecule has 1 saturated carbocycles. The lowest BCUT2D eigenvalue weighted by molar-refractivity contribution is -0.129. The molecule has 1 aliphatic carbocycles. The fourth-order valence-corrected chi connectivity index (χ4v) is 4.42. The van der Waals surface area contributed by atoms with Crippen molar-refractivity contribution in [1.29, 1.82) is 0 Å². The van der Waals surface area contributed by atoms with Gasteiger partial charge in [-0.2, -0.15) is 0 Å². The van der Waals surface area contributed by atoms with E-state index in [1.807, 2.05) is 6.92 Å². The number of aryl methyl sites for hydroxylation is 1. The average Bonchev–Trinajstić information content (AvgIpc) is 2.52. The Kier molecular flexibility index (Phi) is 6.63. The smallest absolute Gasteiger partial charge is 0.264 e. The quantitative estimate of drug-likeness (QED) is 0.837. The van der Waals surface area contributed by atoms with E-state index in [0.29, 0.717) is 17.8 Å². The van der Waals surface area contributed by atoms with E-state index >= 15 is 0 Å². The fraction of sp³-hybridized carbons (Fsp3) is 0.632. The molecule has 2 rings (SSSR count). The summed E-state index contributed by atoms with van der Waals surface area (Å²) in [5, 5.41) is 0. The second-order valence-corrected chi connectivity index (χ2v) is 9.20. The third-order valence-electron chi connectivity index (χ3n) is 4.97. The molecular weight excluding hydrogens is 338 g/mol. The molecule has 1 amide bonds. The molecule has 6 heteroatoms. The van der Waals surface area contributed by atoms with E-state index in [9.17, 15) is 13.2 Å². The van der Waals surface area contributed by atoms with Gasteiger partial charge in [-0.1, -0.05) is 44.9 Å². The van der Waals surface area contributed by atoms with Crippen molar-refractivity contribution in [3.63, 3.8) is 0 Å². The SMILES string of the molecule is Cc1ccc(S(=O)(=O)NC(=O)CO[C@@H]2C[C@H](C)CC[C@H]2C(C)C)cc1. The molecule has 0 heterocycles. The minimum absolute atomic E-state index is 0.0107. The summed E-state index contributed by atoms with van der Waals surface area (Å²) < 4.78 is 32.4. The number of benzene rings is 1. The highest BCUT2D eigenvalue weighted by atomic mass is 32.2. The van der Waals surface area contributed by atoms with Crippen LogP contribution in [-0.4, -0.2) is 27.0 Å². The molecule has 5 nitrogen and oxygen atoms in total. The molecule has 1 N–H and O–H groups in total. The number of rotatable bonds is 6. The summed E-state index contributed by atoms with van der Waals surface area (Å²) in [6.07, 6.45) is 3.20. The van der Waals surface area contributed by atoms with Crippen molar-refractivity contribution in [3.8, 4) is 0 Å². The monoisotopic (exact) mass is 367 g/mol. The van der Waals surface area contributed by atoms with E-state index in [1.165, 1.54) is 18.6 Å². The summed E-state index contributed by atoms with van der Waals surface area (Å²) in [6, 6.07) is 6.38. The van der Waals surface area contributed by atoms with E-state index in [0.717, 1.165) is 18.4 Å². The Morgan fingerprint density at radius 2 is 1.88 bits per heavy atom. The zero-order valence-corrected chi connectivity index (χ0v) is 16.3. The van der Waals surface area contributed by atoms with Crippen LogP contribution in [0.3, 0.4) is 0 Å². The molecule has 0 saturated heterocycles. The number of carbonyl (C=O) groups excluding carboxylic acids is 1. The van der Waals surface area contributed by atoms with Crippen molar-refractivity contribution in [2.45, 2.75) is 58.0 Å². The van der Waals surface area contributed by atoms with Crippen LogP contribution in [-0.2, 0) is 19.6 Å². The minimum atomic E-state index is -3.85. The molecule has 140 valence electrons. The molecule has 0 aromatic heterocycles. The molecule has 0 aliphatic heterocycles. The van der Waals surface area contributed by atoms with Gasteiger partial charge in [-0.3, -0.25) is 4.79 Å². The lowest BCUT2D eigenvalue weighted by atomic mass is 9.75. The first kappa shape index (κ1) is 19.9. The van der Waals surface area contributed by atoms with E-state index in [-0.39, 0.29) is 17.6 Å². The molecule has 1 aromatic carbocycles. The second-order valence-electron chi connectivity index (χ2n) is 7.52. The number of amides is 1. The van der Waals surface area contributed by atoms with Crippen molar-refractivity contribution in [3.05, 3.63) is 29.8 Å². The summed E-state index contributed by atoms with van der Waals surface area (Å²) in [5.74, 6) is 0.843. The number of ether oxygens (including phenoxy) is 1. The van der Waals surface area contributed by atoms with Gasteiger partial charge in [0, 0.05) is 0 Å². The first-order chi connectivity index (χ1) is 11.7. The molecule has 0 radical (unpaired) electrons. The second kappa shape index (κ2) is 8.32. The van der Waals surface area contributed by atoms with Gasteiger partial charge in [-0.25, -0.2) is 13.1 Å². The first-order valence-corrected chi connectivity index (χ1v) is 10.4. The van der Waals surface area contributed by atoms with Crippen molar-refractivity contribution >= 4 is 15.9 Å². The molecule has 1 aromatic rings. The Labute approximate surface area is 151 Å². The van der Waals surface area contributed by atoms with Gasteiger partial charge in [0.05, 0.1) is 11.0 Å². The molecule has 0 unspecified atom stereocenters. The highest BCUT2D eigenvalue weighted by Crippen LogP contribution is 2.35. The van der Waals surface area contributed by atoms with Gasteiger partial charge >= 0.3 is 0 Å². The van der Waals surface area contributed by atoms with Gasteiger partial charge in [0.2, 0.25) is 0 Å². The Morgan fingerprint density at radius 1 is 1.24 bits per heavy atom. The number of sulfonamides is 1. The van der Waals surface area contributed by atoms with Crippen LogP contribution in [0.25, 0.3) is 0 Å². The standard InChI is InChI=1S/C19H29NO4S/c1-13(2)17-10-7-15(4)11-18(17)24-12-19(21)20-25(22,23)16-8-5-14(3)6-9-16/h5-6,8-9,13,15,17-18H,7,10-12H2,1-4H3,(H,20,21)/t15-,17+,18-/m1/s1. The van der Waals surface area contributed by atoms with Gasteiger partial charge < -0.3 is 4.74 Å². The van der Waals surface area contributed by atoms with Crippen molar-refractivity contribution in [2.75, 3.05) is 6.61 Å². The average molecular weight is 368 g/mol. The molecule has 1 fully saturated rings. The predicted molar refractivity (Wildman–Crippen MR) is 97.6 cm³/mol. The van der Waals surface area contributed by atoms with Crippen molar-refractivity contribution in [1.82, 2.24) is 4.72 Å². The van der Waals surface area contributed by atoms with Gasteiger partial charge in [-0.15, -0.1) is 0 Å². The maximum atomic E-state index is 12.2. The van der Waals surface area contributed by atoms with E-state index in [4.69, 9.17) is 4.74 Å². The Hall–Kier alpha value is -1.40. The highest BCUT2D eigenvalue weighted by molar-refractivity contribution is 7.90. The summed E-state index contributed by atoms with van der Waals surface area (Å²) >= 11 is 0. The van der Waals surface area contributed by atoms with Gasteiger partial charge in [0.15, 0.2) is 0 Å². The molecule has 1 aliphatic rings. The Morgan fingerprint density at radius 3 is 2.48 bits per heavy atom. The van der Waals surface area contributed by atoms with Crippen molar-refractivity contribution < 1.29 is 17.9 Å². The molecule has 0 bridgehead atoms. The van der Waals surface area contributed by atoms with Gasteiger partial charge in [0.25, 0.3) is 15.9 Å². The zero-order chi connectivity index (χ0) is 18.6. The maximum absolute atomic E-state index is 12.2. The van der Waals surface area contributed by atoms with E-state index in [1.54, 1.807) is 12.1 Å². The third kappa shape index (κ3) is 5.54. The van der Waals surface area contributed by atoms with E-state index < -0.39 is 15.9 Å². The van der Waals surface area contributed by atoms with Gasteiger partial charge in [-0.05, 0) is 49.7 Å². The summed E-state index contributed by atoms with van der Waals surface area (Å²) in [5.41, 5.74) is 0.958. The normalized spacial score (nSPS) is 24.3. The summed E-state index contributed by atoms with van der Waals surface area (Å²) in [7, 11) is -3.85. The van der Waals surface area contributed by atoms with Crippen LogP contribution < -0.4 is 4.72 Å². The highest BCUT2D eigenvalue weighted by Gasteiger charge is 2.32. The zero-order valence-electron chi connectivity index (χ0n) is 15.5. The summed E-state index contributed by atoms with van der Waals surface area (Å²) in [4.78, 5) is 12.2. The number of carbonyl (C=O) groups is 1. The number of hydrogen-bond donors (Lipinski definition) is 1. The third-order valence-corrected chi connectivity index (χ3v) is 6.36. The number of nitrogens with one attached hydrogen (secondary N) is 1.